The summed E-state index contributed by atoms with van der Waals surface area (Å²) in [5, 5.41) is 2.21. The highest BCUT2D eigenvalue weighted by Gasteiger charge is 2.25. The van der Waals surface area contributed by atoms with E-state index in [9.17, 15) is 9.18 Å². The second kappa shape index (κ2) is 7.76. The van der Waals surface area contributed by atoms with E-state index in [2.05, 4.69) is 0 Å². The zero-order chi connectivity index (χ0) is 18.6. The molecule has 1 atom stereocenters. The minimum absolute atomic E-state index is 0.0194. The van der Waals surface area contributed by atoms with Crippen molar-refractivity contribution in [2.45, 2.75) is 6.10 Å². The molecule has 138 valence electrons. The van der Waals surface area contributed by atoms with Crippen LogP contribution >= 0.6 is 0 Å². The van der Waals surface area contributed by atoms with Crippen LogP contribution in [0.5, 0.6) is 5.75 Å². The normalized spacial score (nSPS) is 17.1. The lowest BCUT2D eigenvalue weighted by Crippen LogP contribution is -2.44. The Morgan fingerprint density at radius 1 is 1.07 bits per heavy atom. The molecule has 1 amide bonds. The monoisotopic (exact) mass is 365 g/mol. The number of carbonyl (C=O) groups is 1. The molecular formula is C22H20FNO3. The Bertz CT molecular complexity index is 942. The molecule has 4 rings (SSSR count). The summed E-state index contributed by atoms with van der Waals surface area (Å²) in [5.74, 6) is 0.301. The van der Waals surface area contributed by atoms with E-state index in [1.807, 2.05) is 42.5 Å². The number of hydrogen-bond acceptors (Lipinski definition) is 3. The number of benzene rings is 3. The smallest absolute Gasteiger partial charge is 0.260 e. The molecule has 0 aliphatic carbocycles. The van der Waals surface area contributed by atoms with Gasteiger partial charge in [0, 0.05) is 6.54 Å². The number of carbonyl (C=O) groups excluding carboxylic acids is 1. The molecule has 0 bridgehead atoms. The van der Waals surface area contributed by atoms with Crippen LogP contribution in [0.25, 0.3) is 10.8 Å². The highest BCUT2D eigenvalue weighted by molar-refractivity contribution is 5.84. The number of fused-ring (bicyclic) bond motifs is 1. The van der Waals surface area contributed by atoms with Crippen molar-refractivity contribution in [3.05, 3.63) is 78.1 Å². The predicted octanol–water partition coefficient (Wildman–Crippen LogP) is 3.96. The van der Waals surface area contributed by atoms with Gasteiger partial charge in [0.2, 0.25) is 0 Å². The van der Waals surface area contributed by atoms with E-state index in [0.29, 0.717) is 25.4 Å². The van der Waals surface area contributed by atoms with Crippen LogP contribution in [0, 0.1) is 5.82 Å². The SMILES string of the molecule is O=C(COc1ccc2ccccc2c1)N1CCOC(c2ccc(F)cc2)C1. The molecule has 0 aromatic heterocycles. The standard InChI is InChI=1S/C22H20FNO3/c23-19-8-5-17(6-9-19)21-14-24(11-12-26-21)22(25)15-27-20-10-7-16-3-1-2-4-18(16)13-20/h1-10,13,21H,11-12,14-15H2. The van der Waals surface area contributed by atoms with Crippen LogP contribution in [0.15, 0.2) is 66.7 Å². The molecule has 4 nitrogen and oxygen atoms in total. The summed E-state index contributed by atoms with van der Waals surface area (Å²) in [4.78, 5) is 14.3. The quantitative estimate of drug-likeness (QED) is 0.703. The van der Waals surface area contributed by atoms with Gasteiger partial charge in [-0.15, -0.1) is 0 Å². The van der Waals surface area contributed by atoms with Crippen molar-refractivity contribution in [3.63, 3.8) is 0 Å². The lowest BCUT2D eigenvalue weighted by Gasteiger charge is -2.33. The van der Waals surface area contributed by atoms with Crippen molar-refractivity contribution in [2.75, 3.05) is 26.3 Å². The van der Waals surface area contributed by atoms with Crippen molar-refractivity contribution in [1.29, 1.82) is 0 Å². The van der Waals surface area contributed by atoms with E-state index in [0.717, 1.165) is 16.3 Å². The first-order chi connectivity index (χ1) is 13.2. The minimum Gasteiger partial charge on any atom is -0.484 e. The molecule has 1 aliphatic rings. The highest BCUT2D eigenvalue weighted by atomic mass is 19.1. The Balaban J connectivity index is 1.37. The lowest BCUT2D eigenvalue weighted by molar-refractivity contribution is -0.141. The molecule has 0 N–H and O–H groups in total. The summed E-state index contributed by atoms with van der Waals surface area (Å²) in [6.07, 6.45) is -0.246. The number of halogens is 1. The highest BCUT2D eigenvalue weighted by Crippen LogP contribution is 2.23. The van der Waals surface area contributed by atoms with E-state index < -0.39 is 0 Å². The van der Waals surface area contributed by atoms with Gasteiger partial charge in [-0.3, -0.25) is 4.79 Å². The van der Waals surface area contributed by atoms with E-state index in [1.165, 1.54) is 12.1 Å². The summed E-state index contributed by atoms with van der Waals surface area (Å²) in [6, 6.07) is 20.0. The third kappa shape index (κ3) is 4.09. The Hall–Kier alpha value is -2.92. The Kier molecular flexibility index (Phi) is 5.03. The number of amides is 1. The molecular weight excluding hydrogens is 345 g/mol. The molecule has 1 fully saturated rings. The van der Waals surface area contributed by atoms with E-state index in [1.54, 1.807) is 17.0 Å². The number of ether oxygens (including phenoxy) is 2. The minimum atomic E-state index is -0.286. The summed E-state index contributed by atoms with van der Waals surface area (Å²) < 4.78 is 24.5. The van der Waals surface area contributed by atoms with Crippen LogP contribution in [0.2, 0.25) is 0 Å². The second-order valence-electron chi connectivity index (χ2n) is 6.55. The Morgan fingerprint density at radius 2 is 1.85 bits per heavy atom. The average Bonchev–Trinajstić information content (AvgIpc) is 2.72. The molecule has 1 aliphatic heterocycles. The maximum absolute atomic E-state index is 13.1. The van der Waals surface area contributed by atoms with Crippen LogP contribution in [0.3, 0.4) is 0 Å². The van der Waals surface area contributed by atoms with E-state index in [-0.39, 0.29) is 24.4 Å². The van der Waals surface area contributed by atoms with Gasteiger partial charge < -0.3 is 14.4 Å². The predicted molar refractivity (Wildman–Crippen MR) is 101 cm³/mol. The first-order valence-electron chi connectivity index (χ1n) is 8.95. The second-order valence-corrected chi connectivity index (χ2v) is 6.55. The zero-order valence-electron chi connectivity index (χ0n) is 14.8. The first-order valence-corrected chi connectivity index (χ1v) is 8.95. The third-order valence-corrected chi connectivity index (χ3v) is 4.74. The molecule has 27 heavy (non-hydrogen) atoms. The number of hydrogen-bond donors (Lipinski definition) is 0. The fourth-order valence-corrected chi connectivity index (χ4v) is 3.25. The van der Waals surface area contributed by atoms with Crippen molar-refractivity contribution in [2.24, 2.45) is 0 Å². The lowest BCUT2D eigenvalue weighted by atomic mass is 10.1. The van der Waals surface area contributed by atoms with Crippen LogP contribution < -0.4 is 4.74 Å². The zero-order valence-corrected chi connectivity index (χ0v) is 14.8. The summed E-state index contributed by atoms with van der Waals surface area (Å²) in [5.41, 5.74) is 0.865. The van der Waals surface area contributed by atoms with Gasteiger partial charge in [0.05, 0.1) is 13.2 Å². The molecule has 3 aromatic carbocycles. The molecule has 1 unspecified atom stereocenters. The van der Waals surface area contributed by atoms with Crippen molar-refractivity contribution < 1.29 is 18.7 Å². The van der Waals surface area contributed by atoms with Gasteiger partial charge >= 0.3 is 0 Å². The molecule has 0 saturated carbocycles. The molecule has 3 aromatic rings. The van der Waals surface area contributed by atoms with Crippen molar-refractivity contribution in [1.82, 2.24) is 4.90 Å². The van der Waals surface area contributed by atoms with Gasteiger partial charge in [-0.05, 0) is 40.6 Å². The van der Waals surface area contributed by atoms with Gasteiger partial charge in [0.15, 0.2) is 6.61 Å². The van der Waals surface area contributed by atoms with Gasteiger partial charge in [-0.25, -0.2) is 4.39 Å². The van der Waals surface area contributed by atoms with Crippen LogP contribution in [0.1, 0.15) is 11.7 Å². The van der Waals surface area contributed by atoms with E-state index >= 15 is 0 Å². The molecule has 1 heterocycles. The molecule has 5 heteroatoms. The number of nitrogens with zero attached hydrogens (tertiary/aromatic N) is 1. The van der Waals surface area contributed by atoms with Gasteiger partial charge in [0.25, 0.3) is 5.91 Å². The molecule has 0 spiro atoms. The maximum Gasteiger partial charge on any atom is 0.260 e. The van der Waals surface area contributed by atoms with Gasteiger partial charge in [0.1, 0.15) is 17.7 Å². The Morgan fingerprint density at radius 3 is 2.67 bits per heavy atom. The van der Waals surface area contributed by atoms with Crippen LogP contribution in [-0.4, -0.2) is 37.1 Å². The molecule has 1 saturated heterocycles. The topological polar surface area (TPSA) is 38.8 Å². The third-order valence-electron chi connectivity index (χ3n) is 4.74. The summed E-state index contributed by atoms with van der Waals surface area (Å²) in [6.45, 7) is 1.39. The van der Waals surface area contributed by atoms with Crippen LogP contribution in [-0.2, 0) is 9.53 Å². The van der Waals surface area contributed by atoms with Gasteiger partial charge in [-0.2, -0.15) is 0 Å². The average molecular weight is 365 g/mol. The molecule has 0 radical (unpaired) electrons. The van der Waals surface area contributed by atoms with Crippen molar-refractivity contribution in [3.8, 4) is 5.75 Å². The fourth-order valence-electron chi connectivity index (χ4n) is 3.25. The first kappa shape index (κ1) is 17.5. The summed E-state index contributed by atoms with van der Waals surface area (Å²) in [7, 11) is 0. The van der Waals surface area contributed by atoms with Crippen molar-refractivity contribution >= 4 is 16.7 Å². The van der Waals surface area contributed by atoms with Gasteiger partial charge in [-0.1, -0.05) is 42.5 Å². The maximum atomic E-state index is 13.1. The van der Waals surface area contributed by atoms with Crippen LogP contribution in [0.4, 0.5) is 4.39 Å². The Labute approximate surface area is 157 Å². The fraction of sp³-hybridized carbons (Fsp3) is 0.227. The number of morpholine rings is 1. The summed E-state index contributed by atoms with van der Waals surface area (Å²) >= 11 is 0. The number of rotatable bonds is 4. The van der Waals surface area contributed by atoms with E-state index in [4.69, 9.17) is 9.47 Å². The largest absolute Gasteiger partial charge is 0.484 e.